The Bertz CT molecular complexity index is 1270. The Balaban J connectivity index is 0.00000180. The molecule has 3 heterocycles. The average molecular weight is 374 g/mol. The van der Waals surface area contributed by atoms with Crippen molar-refractivity contribution in [2.24, 2.45) is 0 Å². The van der Waals surface area contributed by atoms with Crippen molar-refractivity contribution in [3.8, 4) is 11.1 Å². The summed E-state index contributed by atoms with van der Waals surface area (Å²) in [4.78, 5) is 18.0. The number of benzene rings is 2. The minimum Gasteiger partial charge on any atom is -0.278 e. The van der Waals surface area contributed by atoms with Gasteiger partial charge in [-0.25, -0.2) is 9.78 Å². The van der Waals surface area contributed by atoms with Gasteiger partial charge in [-0.2, -0.15) is 9.61 Å². The molecular formula is C21H18N4OS. The molecule has 0 radical (unpaired) electrons. The Morgan fingerprint density at radius 2 is 1.67 bits per heavy atom. The molecular weight excluding hydrogens is 356 g/mol. The summed E-state index contributed by atoms with van der Waals surface area (Å²) in [6.45, 7) is 0.501. The fourth-order valence-corrected chi connectivity index (χ4v) is 4.09. The van der Waals surface area contributed by atoms with Crippen molar-refractivity contribution in [2.75, 3.05) is 0 Å². The first-order valence-electron chi connectivity index (χ1n) is 8.25. The first-order chi connectivity index (χ1) is 12.8. The van der Waals surface area contributed by atoms with Crippen LogP contribution >= 0.6 is 11.3 Å². The van der Waals surface area contributed by atoms with Gasteiger partial charge in [0.1, 0.15) is 11.2 Å². The smallest absolute Gasteiger partial charge is 0.278 e. The first-order valence-corrected chi connectivity index (χ1v) is 9.13. The van der Waals surface area contributed by atoms with Gasteiger partial charge in [-0.1, -0.05) is 62.0 Å². The molecule has 0 aliphatic heterocycles. The predicted molar refractivity (Wildman–Crippen MR) is 110 cm³/mol. The van der Waals surface area contributed by atoms with Crippen LogP contribution in [0.25, 0.3) is 27.0 Å². The van der Waals surface area contributed by atoms with Gasteiger partial charge in [0.2, 0.25) is 0 Å². The summed E-state index contributed by atoms with van der Waals surface area (Å²) >= 11 is 1.55. The Morgan fingerprint density at radius 3 is 2.44 bits per heavy atom. The van der Waals surface area contributed by atoms with Crippen LogP contribution in [-0.4, -0.2) is 19.2 Å². The molecule has 27 heavy (non-hydrogen) atoms. The summed E-state index contributed by atoms with van der Waals surface area (Å²) in [5, 5.41) is 7.01. The van der Waals surface area contributed by atoms with Crippen LogP contribution in [0.2, 0.25) is 0 Å². The lowest BCUT2D eigenvalue weighted by Gasteiger charge is -2.09. The van der Waals surface area contributed by atoms with Crippen LogP contribution in [0.15, 0.2) is 77.2 Å². The standard InChI is InChI=1S/C20H14N4OS.CH4/c25-20-23(19-17(10-11-26-19)18-21-13-22-24(18)20)12-14-6-8-16(9-7-14)15-4-2-1-3-5-15;/h1-11,13H,12H2;1H4. The van der Waals surface area contributed by atoms with E-state index in [1.807, 2.05) is 29.6 Å². The van der Waals surface area contributed by atoms with E-state index in [4.69, 9.17) is 0 Å². The first kappa shape index (κ1) is 17.2. The highest BCUT2D eigenvalue weighted by atomic mass is 32.1. The van der Waals surface area contributed by atoms with Gasteiger partial charge in [0.05, 0.1) is 11.9 Å². The van der Waals surface area contributed by atoms with Crippen LogP contribution in [0, 0.1) is 0 Å². The SMILES string of the molecule is C.O=c1n(Cc2ccc(-c3ccccc3)cc2)c2sccc2c2ncnn12. The number of hydrogen-bond donors (Lipinski definition) is 0. The zero-order valence-electron chi connectivity index (χ0n) is 13.7. The Hall–Kier alpha value is -3.25. The number of rotatable bonds is 3. The maximum Gasteiger partial charge on any atom is 0.352 e. The van der Waals surface area contributed by atoms with Gasteiger partial charge in [0.25, 0.3) is 0 Å². The fraction of sp³-hybridized carbons (Fsp3) is 0.0952. The molecule has 6 heteroatoms. The molecule has 0 spiro atoms. The second-order valence-electron chi connectivity index (χ2n) is 6.07. The van der Waals surface area contributed by atoms with Crippen LogP contribution in [0.1, 0.15) is 13.0 Å². The van der Waals surface area contributed by atoms with Crippen LogP contribution in [-0.2, 0) is 6.54 Å². The monoisotopic (exact) mass is 374 g/mol. The van der Waals surface area contributed by atoms with E-state index in [0.29, 0.717) is 12.2 Å². The van der Waals surface area contributed by atoms with Crippen molar-refractivity contribution in [2.45, 2.75) is 14.0 Å². The van der Waals surface area contributed by atoms with Crippen molar-refractivity contribution in [1.82, 2.24) is 19.2 Å². The molecule has 0 unspecified atom stereocenters. The summed E-state index contributed by atoms with van der Waals surface area (Å²) in [6.07, 6.45) is 1.42. The largest absolute Gasteiger partial charge is 0.352 e. The quantitative estimate of drug-likeness (QED) is 0.469. The lowest BCUT2D eigenvalue weighted by atomic mass is 10.0. The van der Waals surface area contributed by atoms with E-state index in [1.54, 1.807) is 15.9 Å². The molecule has 5 aromatic rings. The number of fused-ring (bicyclic) bond motifs is 3. The molecule has 0 atom stereocenters. The van der Waals surface area contributed by atoms with Gasteiger partial charge in [-0.05, 0) is 28.1 Å². The number of hydrogen-bond acceptors (Lipinski definition) is 4. The van der Waals surface area contributed by atoms with Gasteiger partial charge in [0.15, 0.2) is 5.65 Å². The number of aromatic nitrogens is 4. The molecule has 0 saturated heterocycles. The second-order valence-corrected chi connectivity index (χ2v) is 6.96. The molecule has 0 aliphatic carbocycles. The molecule has 0 aliphatic rings. The van der Waals surface area contributed by atoms with Crippen molar-refractivity contribution in [1.29, 1.82) is 0 Å². The lowest BCUT2D eigenvalue weighted by Crippen LogP contribution is -2.27. The second kappa shape index (κ2) is 6.81. The fourth-order valence-electron chi connectivity index (χ4n) is 3.20. The van der Waals surface area contributed by atoms with E-state index in [0.717, 1.165) is 21.3 Å². The summed E-state index contributed by atoms with van der Waals surface area (Å²) in [5.41, 5.74) is 3.86. The molecule has 0 amide bonds. The minimum atomic E-state index is -0.167. The van der Waals surface area contributed by atoms with E-state index >= 15 is 0 Å². The summed E-state index contributed by atoms with van der Waals surface area (Å²) < 4.78 is 3.13. The third-order valence-corrected chi connectivity index (χ3v) is 5.43. The maximum absolute atomic E-state index is 12.8. The highest BCUT2D eigenvalue weighted by Gasteiger charge is 2.13. The van der Waals surface area contributed by atoms with E-state index in [-0.39, 0.29) is 13.1 Å². The molecule has 5 rings (SSSR count). The molecule has 5 nitrogen and oxygen atoms in total. The predicted octanol–water partition coefficient (Wildman–Crippen LogP) is 4.46. The van der Waals surface area contributed by atoms with Crippen LogP contribution < -0.4 is 5.69 Å². The summed E-state index contributed by atoms with van der Waals surface area (Å²) in [7, 11) is 0. The van der Waals surface area contributed by atoms with E-state index in [1.165, 1.54) is 16.4 Å². The van der Waals surface area contributed by atoms with Crippen LogP contribution in [0.5, 0.6) is 0 Å². The minimum absolute atomic E-state index is 0. The molecule has 0 N–H and O–H groups in total. The number of thiophene rings is 1. The van der Waals surface area contributed by atoms with Crippen molar-refractivity contribution < 1.29 is 0 Å². The van der Waals surface area contributed by atoms with E-state index in [2.05, 4.69) is 46.5 Å². The molecule has 0 saturated carbocycles. The zero-order chi connectivity index (χ0) is 17.5. The summed E-state index contributed by atoms with van der Waals surface area (Å²) in [6, 6.07) is 20.6. The molecule has 0 bridgehead atoms. The zero-order valence-corrected chi connectivity index (χ0v) is 14.6. The topological polar surface area (TPSA) is 52.2 Å². The van der Waals surface area contributed by atoms with Crippen molar-refractivity contribution in [3.63, 3.8) is 0 Å². The molecule has 134 valence electrons. The van der Waals surface area contributed by atoms with Gasteiger partial charge >= 0.3 is 5.69 Å². The van der Waals surface area contributed by atoms with Gasteiger partial charge in [-0.3, -0.25) is 4.57 Å². The normalized spacial score (nSPS) is 11.0. The Morgan fingerprint density at radius 1 is 0.926 bits per heavy atom. The summed E-state index contributed by atoms with van der Waals surface area (Å²) in [5.74, 6) is 0. The van der Waals surface area contributed by atoms with Gasteiger partial charge in [-0.15, -0.1) is 11.3 Å². The third kappa shape index (κ3) is 2.84. The van der Waals surface area contributed by atoms with E-state index < -0.39 is 0 Å². The molecule has 2 aromatic carbocycles. The highest BCUT2D eigenvalue weighted by Crippen LogP contribution is 2.24. The van der Waals surface area contributed by atoms with Crippen molar-refractivity contribution >= 4 is 27.2 Å². The third-order valence-electron chi connectivity index (χ3n) is 4.49. The van der Waals surface area contributed by atoms with Gasteiger partial charge < -0.3 is 0 Å². The molecule has 0 fully saturated rings. The number of nitrogens with zero attached hydrogens (tertiary/aromatic N) is 4. The maximum atomic E-state index is 12.8. The average Bonchev–Trinajstić information content (AvgIpc) is 3.35. The Labute approximate surface area is 160 Å². The van der Waals surface area contributed by atoms with Crippen LogP contribution in [0.3, 0.4) is 0 Å². The molecule has 3 aromatic heterocycles. The lowest BCUT2D eigenvalue weighted by molar-refractivity contribution is 0.720. The highest BCUT2D eigenvalue weighted by molar-refractivity contribution is 7.16. The van der Waals surface area contributed by atoms with Crippen molar-refractivity contribution in [3.05, 3.63) is 88.4 Å². The van der Waals surface area contributed by atoms with Crippen LogP contribution in [0.4, 0.5) is 0 Å². The Kier molecular flexibility index (Phi) is 4.33. The van der Waals surface area contributed by atoms with Gasteiger partial charge in [0, 0.05) is 0 Å². The van der Waals surface area contributed by atoms with E-state index in [9.17, 15) is 4.79 Å².